The third-order valence-corrected chi connectivity index (χ3v) is 5.60. The minimum atomic E-state index is -0.590. The standard InChI is InChI=1S/C24H23FN2O6S/c1-30-19-11-10-16(9-8-15-12-20(31-2)24(33-4)21(13-15)32-3)23(22(19)25)26-34-18-7-5-6-17(14-18)27(28)29/h5-14,26H,1-4H3/b9-8-. The van der Waals surface area contributed by atoms with Crippen molar-refractivity contribution < 1.29 is 28.3 Å². The zero-order valence-electron chi connectivity index (χ0n) is 19.0. The van der Waals surface area contributed by atoms with Gasteiger partial charge in [0.15, 0.2) is 23.1 Å². The van der Waals surface area contributed by atoms with Gasteiger partial charge in [0.1, 0.15) is 0 Å². The molecule has 3 aromatic rings. The van der Waals surface area contributed by atoms with E-state index in [0.717, 1.165) is 17.5 Å². The fourth-order valence-electron chi connectivity index (χ4n) is 3.13. The molecule has 3 rings (SSSR count). The van der Waals surface area contributed by atoms with Crippen molar-refractivity contribution in [3.05, 3.63) is 75.6 Å². The highest BCUT2D eigenvalue weighted by Gasteiger charge is 2.15. The Morgan fingerprint density at radius 3 is 2.18 bits per heavy atom. The summed E-state index contributed by atoms with van der Waals surface area (Å²) in [5.41, 5.74) is 1.38. The Hall–Kier alpha value is -3.92. The van der Waals surface area contributed by atoms with Crippen LogP contribution >= 0.6 is 11.9 Å². The summed E-state index contributed by atoms with van der Waals surface area (Å²) in [6, 6.07) is 12.8. The van der Waals surface area contributed by atoms with Crippen molar-refractivity contribution in [3.8, 4) is 23.0 Å². The number of ether oxygens (including phenoxy) is 4. The predicted octanol–water partition coefficient (Wildman–Crippen LogP) is 6.06. The summed E-state index contributed by atoms with van der Waals surface area (Å²) in [6.45, 7) is 0. The number of nitro groups is 1. The summed E-state index contributed by atoms with van der Waals surface area (Å²) in [6.07, 6.45) is 3.49. The zero-order valence-corrected chi connectivity index (χ0v) is 19.8. The minimum absolute atomic E-state index is 0.0552. The molecule has 0 aliphatic heterocycles. The number of nitro benzene ring substituents is 1. The summed E-state index contributed by atoms with van der Waals surface area (Å²) in [5, 5.41) is 11.0. The summed E-state index contributed by atoms with van der Waals surface area (Å²) in [4.78, 5) is 11.1. The van der Waals surface area contributed by atoms with Crippen molar-refractivity contribution in [2.24, 2.45) is 0 Å². The van der Waals surface area contributed by atoms with Gasteiger partial charge in [0.25, 0.3) is 5.69 Å². The van der Waals surface area contributed by atoms with E-state index in [-0.39, 0.29) is 17.1 Å². The van der Waals surface area contributed by atoms with Crippen LogP contribution in [0.3, 0.4) is 0 Å². The molecule has 1 N–H and O–H groups in total. The molecule has 0 fully saturated rings. The topological polar surface area (TPSA) is 92.1 Å². The normalized spacial score (nSPS) is 10.7. The van der Waals surface area contributed by atoms with E-state index < -0.39 is 10.7 Å². The monoisotopic (exact) mass is 486 g/mol. The van der Waals surface area contributed by atoms with E-state index in [1.54, 1.807) is 42.5 Å². The highest BCUT2D eigenvalue weighted by molar-refractivity contribution is 8.00. The van der Waals surface area contributed by atoms with Crippen LogP contribution in [0.15, 0.2) is 53.4 Å². The van der Waals surface area contributed by atoms with Crippen molar-refractivity contribution in [3.63, 3.8) is 0 Å². The smallest absolute Gasteiger partial charge is 0.270 e. The Labute approximate surface area is 200 Å². The lowest BCUT2D eigenvalue weighted by Gasteiger charge is -2.14. The van der Waals surface area contributed by atoms with Crippen LogP contribution in [0, 0.1) is 15.9 Å². The molecule has 0 aliphatic rings. The average molecular weight is 487 g/mol. The van der Waals surface area contributed by atoms with Gasteiger partial charge in [-0.2, -0.15) is 0 Å². The summed E-state index contributed by atoms with van der Waals surface area (Å²) < 4.78 is 39.3. The molecule has 0 aliphatic carbocycles. The molecule has 8 nitrogen and oxygen atoms in total. The summed E-state index contributed by atoms with van der Waals surface area (Å²) in [7, 11) is 5.95. The molecule has 0 unspecified atom stereocenters. The number of rotatable bonds is 10. The zero-order chi connectivity index (χ0) is 24.7. The number of anilines is 1. The molecule has 178 valence electrons. The van der Waals surface area contributed by atoms with E-state index in [1.165, 1.54) is 46.6 Å². The first-order chi connectivity index (χ1) is 16.4. The number of methoxy groups -OCH3 is 4. The number of halogens is 1. The van der Waals surface area contributed by atoms with E-state index in [1.807, 2.05) is 0 Å². The maximum atomic E-state index is 15.1. The lowest BCUT2D eigenvalue weighted by Crippen LogP contribution is -1.98. The minimum Gasteiger partial charge on any atom is -0.494 e. The van der Waals surface area contributed by atoms with Crippen molar-refractivity contribution in [1.29, 1.82) is 0 Å². The Kier molecular flexibility index (Phi) is 8.20. The highest BCUT2D eigenvalue weighted by atomic mass is 32.2. The molecule has 34 heavy (non-hydrogen) atoms. The lowest BCUT2D eigenvalue weighted by atomic mass is 10.1. The molecule has 10 heteroatoms. The van der Waals surface area contributed by atoms with Crippen LogP contribution in [0.5, 0.6) is 23.0 Å². The molecule has 0 heterocycles. The van der Waals surface area contributed by atoms with Crippen molar-refractivity contribution in [2.75, 3.05) is 33.2 Å². The van der Waals surface area contributed by atoms with Gasteiger partial charge >= 0.3 is 0 Å². The first-order valence-corrected chi connectivity index (χ1v) is 10.7. The second kappa shape index (κ2) is 11.3. The number of non-ortho nitro benzene ring substituents is 1. The molecule has 3 aromatic carbocycles. The molecule has 0 spiro atoms. The fraction of sp³-hybridized carbons (Fsp3) is 0.167. The quantitative estimate of drug-likeness (QED) is 0.160. The van der Waals surface area contributed by atoms with Gasteiger partial charge < -0.3 is 23.7 Å². The molecular formula is C24H23FN2O6S. The molecular weight excluding hydrogens is 463 g/mol. The van der Waals surface area contributed by atoms with E-state index in [9.17, 15) is 10.1 Å². The van der Waals surface area contributed by atoms with Gasteiger partial charge in [-0.1, -0.05) is 18.2 Å². The van der Waals surface area contributed by atoms with Gasteiger partial charge in [-0.3, -0.25) is 10.1 Å². The van der Waals surface area contributed by atoms with Crippen molar-refractivity contribution in [2.45, 2.75) is 4.90 Å². The van der Waals surface area contributed by atoms with E-state index >= 15 is 4.39 Å². The van der Waals surface area contributed by atoms with Gasteiger partial charge in [0.05, 0.1) is 39.0 Å². The highest BCUT2D eigenvalue weighted by Crippen LogP contribution is 2.39. The number of hydrogen-bond donors (Lipinski definition) is 1. The average Bonchev–Trinajstić information content (AvgIpc) is 2.86. The van der Waals surface area contributed by atoms with E-state index in [0.29, 0.717) is 27.7 Å². The first kappa shape index (κ1) is 24.7. The Balaban J connectivity index is 1.95. The molecule has 0 aromatic heterocycles. The van der Waals surface area contributed by atoms with Crippen molar-refractivity contribution >= 4 is 35.5 Å². The van der Waals surface area contributed by atoms with Gasteiger partial charge in [0.2, 0.25) is 5.75 Å². The fourth-order valence-corrected chi connectivity index (χ4v) is 3.88. The molecule has 0 atom stereocenters. The lowest BCUT2D eigenvalue weighted by molar-refractivity contribution is -0.385. The number of hydrogen-bond acceptors (Lipinski definition) is 8. The second-order valence-electron chi connectivity index (χ2n) is 6.80. The van der Waals surface area contributed by atoms with E-state index in [2.05, 4.69) is 4.72 Å². The van der Waals surface area contributed by atoms with Crippen LogP contribution < -0.4 is 23.7 Å². The molecule has 0 saturated heterocycles. The van der Waals surface area contributed by atoms with Crippen LogP contribution in [0.1, 0.15) is 11.1 Å². The molecule has 0 radical (unpaired) electrons. The second-order valence-corrected chi connectivity index (χ2v) is 7.68. The number of nitrogens with one attached hydrogen (secondary N) is 1. The maximum absolute atomic E-state index is 15.1. The Bertz CT molecular complexity index is 1190. The summed E-state index contributed by atoms with van der Waals surface area (Å²) >= 11 is 1.05. The van der Waals surface area contributed by atoms with Gasteiger partial charge in [-0.05, 0) is 47.8 Å². The van der Waals surface area contributed by atoms with Crippen LogP contribution in [0.2, 0.25) is 0 Å². The van der Waals surface area contributed by atoms with Gasteiger partial charge in [-0.15, -0.1) is 0 Å². The molecule has 0 saturated carbocycles. The predicted molar refractivity (Wildman–Crippen MR) is 131 cm³/mol. The third-order valence-electron chi connectivity index (χ3n) is 4.80. The SMILES string of the molecule is COc1ccc(/C=C\c2cc(OC)c(OC)c(OC)c2)c(NSc2cccc([N+](=O)[O-])c2)c1F. The maximum Gasteiger partial charge on any atom is 0.270 e. The Morgan fingerprint density at radius 2 is 1.59 bits per heavy atom. The number of nitrogens with zero attached hydrogens (tertiary/aromatic N) is 1. The molecule has 0 bridgehead atoms. The van der Waals surface area contributed by atoms with Crippen LogP contribution in [-0.2, 0) is 0 Å². The van der Waals surface area contributed by atoms with Crippen LogP contribution in [-0.4, -0.2) is 33.4 Å². The van der Waals surface area contributed by atoms with Gasteiger partial charge in [0, 0.05) is 22.6 Å². The third kappa shape index (κ3) is 5.52. The Morgan fingerprint density at radius 1 is 0.912 bits per heavy atom. The first-order valence-electron chi connectivity index (χ1n) is 9.93. The van der Waals surface area contributed by atoms with Crippen LogP contribution in [0.4, 0.5) is 15.8 Å². The van der Waals surface area contributed by atoms with Gasteiger partial charge in [-0.25, -0.2) is 4.39 Å². The summed E-state index contributed by atoms with van der Waals surface area (Å²) in [5.74, 6) is 0.914. The largest absolute Gasteiger partial charge is 0.494 e. The van der Waals surface area contributed by atoms with Crippen molar-refractivity contribution in [1.82, 2.24) is 0 Å². The molecule has 0 amide bonds. The van der Waals surface area contributed by atoms with E-state index in [4.69, 9.17) is 18.9 Å². The number of benzene rings is 3. The van der Waals surface area contributed by atoms with Crippen LogP contribution in [0.25, 0.3) is 12.2 Å².